The maximum atomic E-state index is 13.7. The van der Waals surface area contributed by atoms with Gasteiger partial charge in [-0.1, -0.05) is 155 Å². The molecule has 13 nitrogen and oxygen atoms in total. The summed E-state index contributed by atoms with van der Waals surface area (Å²) in [7, 11) is -5.18. The van der Waals surface area contributed by atoms with E-state index in [1.165, 1.54) is 16.7 Å². The molecule has 4 N–H and O–H groups in total. The molecule has 14 heteroatoms. The van der Waals surface area contributed by atoms with Gasteiger partial charge in [0.1, 0.15) is 24.4 Å². The summed E-state index contributed by atoms with van der Waals surface area (Å²) in [5.41, 5.74) is 3.89. The number of hydrogen-bond donors (Lipinski definition) is 4. The number of amides is 1. The van der Waals surface area contributed by atoms with Crippen LogP contribution in [0.5, 0.6) is 0 Å². The Kier molecular flexibility index (Phi) is 25.4. The molecule has 0 aromatic heterocycles. The summed E-state index contributed by atoms with van der Waals surface area (Å²) in [6.45, 7) is -0.867. The zero-order valence-electron chi connectivity index (χ0n) is 38.0. The molecule has 0 bridgehead atoms. The van der Waals surface area contributed by atoms with Crippen molar-refractivity contribution in [3.05, 3.63) is 108 Å². The number of ether oxygens (including phenoxy) is 3. The maximum absolute atomic E-state index is 13.7. The van der Waals surface area contributed by atoms with Gasteiger partial charge in [0.2, 0.25) is 5.91 Å². The number of aryl methyl sites for hydroxylation is 3. The number of carbonyl (C=O) groups is 3. The minimum atomic E-state index is -5.18. The van der Waals surface area contributed by atoms with Gasteiger partial charge < -0.3 is 29.7 Å². The highest BCUT2D eigenvalue weighted by Crippen LogP contribution is 2.28. The van der Waals surface area contributed by atoms with Crippen LogP contribution in [0.4, 0.5) is 0 Å². The topological polar surface area (TPSA) is 195 Å². The van der Waals surface area contributed by atoms with E-state index in [0.29, 0.717) is 25.7 Å². The molecule has 0 radical (unpaired) electrons. The molecule has 4 rings (SSSR count). The number of nitrogens with one attached hydrogen (secondary N) is 1. The quantitative estimate of drug-likeness (QED) is 0.0258. The van der Waals surface area contributed by atoms with Crippen LogP contribution in [0.1, 0.15) is 145 Å². The summed E-state index contributed by atoms with van der Waals surface area (Å²) < 4.78 is 55.3. The number of aliphatic hydroxyl groups excluding tert-OH is 2. The smallest absolute Gasteiger partial charge is 0.397 e. The van der Waals surface area contributed by atoms with Crippen molar-refractivity contribution >= 4 is 28.2 Å². The fourth-order valence-electron chi connectivity index (χ4n) is 8.33. The fraction of sp³-hybridized carbons (Fsp3) is 0.588. The predicted octanol–water partition coefficient (Wildman–Crippen LogP) is 8.72. The van der Waals surface area contributed by atoms with E-state index in [1.807, 2.05) is 42.5 Å². The van der Waals surface area contributed by atoms with Gasteiger partial charge in [0.15, 0.2) is 12.4 Å². The molecule has 360 valence electrons. The van der Waals surface area contributed by atoms with E-state index < -0.39 is 71.6 Å². The van der Waals surface area contributed by atoms with E-state index in [1.54, 1.807) is 0 Å². The average Bonchev–Trinajstić information content (AvgIpc) is 3.29. The van der Waals surface area contributed by atoms with Gasteiger partial charge in [-0.2, -0.15) is 8.42 Å². The lowest BCUT2D eigenvalue weighted by Gasteiger charge is -2.43. The predicted molar refractivity (Wildman–Crippen MR) is 249 cm³/mol. The summed E-state index contributed by atoms with van der Waals surface area (Å²) in [6.07, 6.45) is 10.1. The van der Waals surface area contributed by atoms with E-state index in [9.17, 15) is 37.6 Å². The molecule has 1 fully saturated rings. The van der Waals surface area contributed by atoms with E-state index >= 15 is 0 Å². The van der Waals surface area contributed by atoms with Gasteiger partial charge >= 0.3 is 22.3 Å². The third-order valence-electron chi connectivity index (χ3n) is 11.8. The van der Waals surface area contributed by atoms with Crippen molar-refractivity contribution in [1.29, 1.82) is 0 Å². The molecule has 6 atom stereocenters. The van der Waals surface area contributed by atoms with Crippen molar-refractivity contribution in [2.24, 2.45) is 0 Å². The third kappa shape index (κ3) is 22.7. The second-order valence-electron chi connectivity index (χ2n) is 17.3. The zero-order chi connectivity index (χ0) is 46.5. The summed E-state index contributed by atoms with van der Waals surface area (Å²) in [5, 5.41) is 23.7. The third-order valence-corrected chi connectivity index (χ3v) is 12.3. The van der Waals surface area contributed by atoms with Crippen molar-refractivity contribution in [1.82, 2.24) is 5.32 Å². The van der Waals surface area contributed by atoms with Crippen molar-refractivity contribution in [3.8, 4) is 0 Å². The lowest BCUT2D eigenvalue weighted by molar-refractivity contribution is -0.254. The highest BCUT2D eigenvalue weighted by atomic mass is 32.3. The van der Waals surface area contributed by atoms with Gasteiger partial charge in [0.25, 0.3) is 0 Å². The molecule has 0 spiro atoms. The van der Waals surface area contributed by atoms with E-state index in [2.05, 4.69) is 53.8 Å². The van der Waals surface area contributed by atoms with Crippen LogP contribution in [0.2, 0.25) is 0 Å². The molecule has 3 aromatic carbocycles. The fourth-order valence-corrected chi connectivity index (χ4v) is 8.84. The molecule has 1 saturated heterocycles. The largest absolute Gasteiger partial charge is 0.462 e. The Morgan fingerprint density at radius 1 is 0.600 bits per heavy atom. The van der Waals surface area contributed by atoms with Crippen molar-refractivity contribution in [2.75, 3.05) is 6.61 Å². The van der Waals surface area contributed by atoms with Gasteiger partial charge in [-0.3, -0.25) is 18.9 Å². The lowest BCUT2D eigenvalue weighted by atomic mass is 9.96. The van der Waals surface area contributed by atoms with Crippen LogP contribution in [0.3, 0.4) is 0 Å². The SMILES string of the molecule is O=C(C[C@@H](CCCCCCc1ccccc1)OC(=O)CCCCCCCCc1ccccc1)N[C@H]1C(O)O[C@H](CO)[C@@H](OS(=O)(=O)O)[C@@H]1OC(=O)CCCCCCCCc1ccccc1. The standard InChI is InChI=1S/C51H73NO12S/c53-39-44-49(64-65(58,59)60)50(63-47(56)37-25-8-4-2-6-15-27-41-31-19-12-20-32-41)48(51(57)62-44)52-45(54)38-43(35-23-10-9-16-28-42-33-21-13-22-34-42)61-46(55)36-24-7-3-1-5-14-26-40-29-17-11-18-30-40/h11-13,17-22,29-34,43-44,48-51,53,57H,1-10,14-16,23-28,35-39H2,(H,52,54)(H,58,59,60)/t43-,44-,48-,49-,50-,51?/m1/s1. The first-order chi connectivity index (χ1) is 31.5. The summed E-state index contributed by atoms with van der Waals surface area (Å²) in [6, 6.07) is 29.3. The zero-order valence-corrected chi connectivity index (χ0v) is 38.8. The van der Waals surface area contributed by atoms with Gasteiger partial charge in [0.05, 0.1) is 13.0 Å². The maximum Gasteiger partial charge on any atom is 0.397 e. The van der Waals surface area contributed by atoms with Crippen LogP contribution in [-0.2, 0) is 62.4 Å². The molecular weight excluding hydrogens is 851 g/mol. The van der Waals surface area contributed by atoms with Gasteiger partial charge in [-0.15, -0.1) is 0 Å². The minimum absolute atomic E-state index is 0.0435. The number of hydrogen-bond acceptors (Lipinski definition) is 11. The molecule has 1 amide bonds. The van der Waals surface area contributed by atoms with Crippen molar-refractivity contribution in [2.45, 2.75) is 184 Å². The van der Waals surface area contributed by atoms with Crippen LogP contribution in [0.25, 0.3) is 0 Å². The second kappa shape index (κ2) is 30.9. The molecule has 65 heavy (non-hydrogen) atoms. The van der Waals surface area contributed by atoms with E-state index in [0.717, 1.165) is 103 Å². The lowest BCUT2D eigenvalue weighted by Crippen LogP contribution is -2.66. The van der Waals surface area contributed by atoms with Crippen LogP contribution in [-0.4, -0.2) is 84.4 Å². The first-order valence-corrected chi connectivity index (χ1v) is 25.3. The normalized spacial score (nSPS) is 19.0. The van der Waals surface area contributed by atoms with E-state index in [4.69, 9.17) is 18.4 Å². The number of rotatable bonds is 33. The van der Waals surface area contributed by atoms with Crippen LogP contribution in [0, 0.1) is 0 Å². The number of carbonyl (C=O) groups excluding carboxylic acids is 3. The molecule has 1 unspecified atom stereocenters. The Bertz CT molecular complexity index is 1870. The monoisotopic (exact) mass is 923 g/mol. The van der Waals surface area contributed by atoms with Gasteiger partial charge in [-0.25, -0.2) is 4.18 Å². The van der Waals surface area contributed by atoms with Crippen LogP contribution < -0.4 is 5.32 Å². The van der Waals surface area contributed by atoms with Gasteiger partial charge in [-0.05, 0) is 80.9 Å². The average molecular weight is 924 g/mol. The minimum Gasteiger partial charge on any atom is -0.462 e. The van der Waals surface area contributed by atoms with Crippen molar-refractivity contribution < 1.29 is 56.0 Å². The molecule has 3 aromatic rings. The second-order valence-corrected chi connectivity index (χ2v) is 18.3. The Morgan fingerprint density at radius 3 is 1.49 bits per heavy atom. The first kappa shape index (κ1) is 53.4. The molecule has 1 aliphatic rings. The molecule has 0 saturated carbocycles. The highest BCUT2D eigenvalue weighted by Gasteiger charge is 2.50. The summed E-state index contributed by atoms with van der Waals surface area (Å²) in [4.78, 5) is 40.0. The Balaban J connectivity index is 1.30. The number of aliphatic hydroxyl groups is 2. The Morgan fingerprint density at radius 2 is 1.03 bits per heavy atom. The highest BCUT2D eigenvalue weighted by molar-refractivity contribution is 7.80. The van der Waals surface area contributed by atoms with Crippen LogP contribution in [0.15, 0.2) is 91.0 Å². The molecule has 1 heterocycles. The number of benzene rings is 3. The molecule has 0 aliphatic carbocycles. The summed E-state index contributed by atoms with van der Waals surface area (Å²) in [5.74, 6) is -1.85. The first-order valence-electron chi connectivity index (χ1n) is 23.9. The molecular formula is C51H73NO12S. The van der Waals surface area contributed by atoms with Crippen LogP contribution >= 0.6 is 0 Å². The van der Waals surface area contributed by atoms with E-state index in [-0.39, 0.29) is 19.3 Å². The number of unbranched alkanes of at least 4 members (excludes halogenated alkanes) is 13. The van der Waals surface area contributed by atoms with Crippen molar-refractivity contribution in [3.63, 3.8) is 0 Å². The van der Waals surface area contributed by atoms with Gasteiger partial charge in [0, 0.05) is 12.8 Å². The molecule has 1 aliphatic heterocycles. The Hall–Kier alpha value is -4.18. The number of esters is 2. The Labute approximate surface area is 386 Å². The summed E-state index contributed by atoms with van der Waals surface area (Å²) >= 11 is 0.